The predicted octanol–water partition coefficient (Wildman–Crippen LogP) is 2.66. The molecule has 1 aliphatic heterocycles. The molecule has 0 saturated heterocycles. The van der Waals surface area contributed by atoms with E-state index >= 15 is 0 Å². The molecule has 1 aliphatic carbocycles. The molecular formula is C11H15NS. The van der Waals surface area contributed by atoms with E-state index in [0.717, 1.165) is 0 Å². The summed E-state index contributed by atoms with van der Waals surface area (Å²) in [5.41, 5.74) is 2.02. The lowest BCUT2D eigenvalue weighted by Crippen LogP contribution is -2.44. The summed E-state index contributed by atoms with van der Waals surface area (Å²) in [7, 11) is 0. The lowest BCUT2D eigenvalue weighted by atomic mass is 9.88. The highest BCUT2D eigenvalue weighted by Crippen LogP contribution is 2.44. The molecule has 2 aliphatic rings. The maximum Gasteiger partial charge on any atom is 0.0531 e. The first-order valence-electron chi connectivity index (χ1n) is 5.23. The van der Waals surface area contributed by atoms with Gasteiger partial charge >= 0.3 is 0 Å². The first kappa shape index (κ1) is 8.01. The van der Waals surface area contributed by atoms with Crippen LogP contribution in [0.5, 0.6) is 0 Å². The Morgan fingerprint density at radius 3 is 3.00 bits per heavy atom. The zero-order valence-electron chi connectivity index (χ0n) is 7.81. The minimum atomic E-state index is 0.405. The van der Waals surface area contributed by atoms with Crippen LogP contribution in [0.2, 0.25) is 0 Å². The van der Waals surface area contributed by atoms with Crippen LogP contribution in [0.4, 0.5) is 0 Å². The molecule has 1 spiro atoms. The van der Waals surface area contributed by atoms with E-state index in [2.05, 4.69) is 16.8 Å². The molecule has 0 amide bonds. The third kappa shape index (κ3) is 1.09. The van der Waals surface area contributed by atoms with Crippen molar-refractivity contribution < 1.29 is 0 Å². The summed E-state index contributed by atoms with van der Waals surface area (Å²) in [6.45, 7) is 1.18. The summed E-state index contributed by atoms with van der Waals surface area (Å²) in [5, 5.41) is 6.01. The Hall–Kier alpha value is -0.340. The van der Waals surface area contributed by atoms with Gasteiger partial charge in [-0.25, -0.2) is 0 Å². The van der Waals surface area contributed by atoms with E-state index in [1.54, 1.807) is 10.4 Å². The molecule has 3 rings (SSSR count). The molecule has 70 valence electrons. The van der Waals surface area contributed by atoms with Crippen molar-refractivity contribution in [3.63, 3.8) is 0 Å². The van der Waals surface area contributed by atoms with Gasteiger partial charge in [0.25, 0.3) is 0 Å². The molecule has 0 bridgehead atoms. The summed E-state index contributed by atoms with van der Waals surface area (Å²) < 4.78 is 0. The van der Waals surface area contributed by atoms with E-state index < -0.39 is 0 Å². The smallest absolute Gasteiger partial charge is 0.0531 e. The number of hydrogen-bond acceptors (Lipinski definition) is 2. The maximum absolute atomic E-state index is 3.75. The van der Waals surface area contributed by atoms with Crippen LogP contribution in [0.1, 0.15) is 36.1 Å². The molecule has 1 aromatic rings. The molecule has 1 N–H and O–H groups in total. The lowest BCUT2D eigenvalue weighted by molar-refractivity contribution is 0.332. The zero-order valence-corrected chi connectivity index (χ0v) is 8.62. The van der Waals surface area contributed by atoms with Crippen LogP contribution in [-0.4, -0.2) is 6.54 Å². The first-order chi connectivity index (χ1) is 6.41. The van der Waals surface area contributed by atoms with Gasteiger partial charge in [-0.2, -0.15) is 0 Å². The number of hydrogen-bond donors (Lipinski definition) is 1. The molecule has 0 atom stereocenters. The van der Waals surface area contributed by atoms with Gasteiger partial charge < -0.3 is 5.32 Å². The van der Waals surface area contributed by atoms with E-state index in [-0.39, 0.29) is 0 Å². The van der Waals surface area contributed by atoms with E-state index in [0.29, 0.717) is 5.54 Å². The van der Waals surface area contributed by atoms with Crippen molar-refractivity contribution in [1.82, 2.24) is 5.32 Å². The van der Waals surface area contributed by atoms with Crippen LogP contribution >= 0.6 is 11.3 Å². The van der Waals surface area contributed by atoms with Crippen molar-refractivity contribution in [2.24, 2.45) is 0 Å². The molecule has 0 aromatic carbocycles. The molecule has 1 aromatic heterocycles. The van der Waals surface area contributed by atoms with E-state index in [4.69, 9.17) is 0 Å². The fourth-order valence-electron chi connectivity index (χ4n) is 2.85. The van der Waals surface area contributed by atoms with Gasteiger partial charge in [0.15, 0.2) is 0 Å². The minimum absolute atomic E-state index is 0.405. The van der Waals surface area contributed by atoms with Crippen molar-refractivity contribution in [2.45, 2.75) is 37.6 Å². The van der Waals surface area contributed by atoms with Gasteiger partial charge in [-0.05, 0) is 36.3 Å². The standard InChI is InChI=1S/C11H15NS/c1-2-6-11(5-1)10-9(3-7-12-11)4-8-13-10/h4,8,12H,1-3,5-7H2. The summed E-state index contributed by atoms with van der Waals surface area (Å²) in [6.07, 6.45) is 6.77. The van der Waals surface area contributed by atoms with Crippen molar-refractivity contribution in [3.8, 4) is 0 Å². The molecule has 1 fully saturated rings. The highest BCUT2D eigenvalue weighted by atomic mass is 32.1. The highest BCUT2D eigenvalue weighted by molar-refractivity contribution is 7.10. The largest absolute Gasteiger partial charge is 0.306 e. The van der Waals surface area contributed by atoms with Crippen LogP contribution in [-0.2, 0) is 12.0 Å². The zero-order chi connectivity index (χ0) is 8.73. The van der Waals surface area contributed by atoms with Crippen LogP contribution in [0.15, 0.2) is 11.4 Å². The summed E-state index contributed by atoms with van der Waals surface area (Å²) in [6, 6.07) is 2.32. The van der Waals surface area contributed by atoms with Gasteiger partial charge in [0.05, 0.1) is 5.54 Å². The molecule has 0 radical (unpaired) electrons. The average molecular weight is 193 g/mol. The average Bonchev–Trinajstić information content (AvgIpc) is 2.74. The summed E-state index contributed by atoms with van der Waals surface area (Å²) >= 11 is 1.96. The molecular weight excluding hydrogens is 178 g/mol. The van der Waals surface area contributed by atoms with Crippen LogP contribution in [0, 0.1) is 0 Å². The quantitative estimate of drug-likeness (QED) is 0.668. The van der Waals surface area contributed by atoms with Gasteiger partial charge in [0, 0.05) is 11.4 Å². The molecule has 1 nitrogen and oxygen atoms in total. The topological polar surface area (TPSA) is 12.0 Å². The Labute approximate surface area is 83.2 Å². The first-order valence-corrected chi connectivity index (χ1v) is 6.11. The monoisotopic (exact) mass is 193 g/mol. The summed E-state index contributed by atoms with van der Waals surface area (Å²) in [5.74, 6) is 0. The minimum Gasteiger partial charge on any atom is -0.306 e. The molecule has 2 heterocycles. The molecule has 0 unspecified atom stereocenters. The van der Waals surface area contributed by atoms with Gasteiger partial charge in [0.1, 0.15) is 0 Å². The molecule has 1 saturated carbocycles. The van der Waals surface area contributed by atoms with E-state index in [1.807, 2.05) is 11.3 Å². The highest BCUT2D eigenvalue weighted by Gasteiger charge is 2.39. The van der Waals surface area contributed by atoms with Gasteiger partial charge in [-0.15, -0.1) is 11.3 Å². The second kappa shape index (κ2) is 2.82. The van der Waals surface area contributed by atoms with Crippen LogP contribution in [0.25, 0.3) is 0 Å². The fourth-order valence-corrected chi connectivity index (χ4v) is 4.04. The Kier molecular flexibility index (Phi) is 1.74. The normalized spacial score (nSPS) is 24.9. The third-order valence-corrected chi connectivity index (χ3v) is 4.66. The Morgan fingerprint density at radius 1 is 1.31 bits per heavy atom. The Balaban J connectivity index is 2.08. The number of fused-ring (bicyclic) bond motifs is 2. The van der Waals surface area contributed by atoms with Crippen LogP contribution in [0.3, 0.4) is 0 Å². The van der Waals surface area contributed by atoms with Crippen molar-refractivity contribution in [3.05, 3.63) is 21.9 Å². The van der Waals surface area contributed by atoms with E-state index in [9.17, 15) is 0 Å². The Morgan fingerprint density at radius 2 is 2.15 bits per heavy atom. The maximum atomic E-state index is 3.75. The second-order valence-electron chi connectivity index (χ2n) is 4.24. The Bertz CT molecular complexity index is 310. The van der Waals surface area contributed by atoms with Crippen molar-refractivity contribution in [1.29, 1.82) is 0 Å². The van der Waals surface area contributed by atoms with Crippen molar-refractivity contribution in [2.75, 3.05) is 6.54 Å². The summed E-state index contributed by atoms with van der Waals surface area (Å²) in [4.78, 5) is 1.65. The number of thiophene rings is 1. The second-order valence-corrected chi connectivity index (χ2v) is 5.16. The van der Waals surface area contributed by atoms with E-state index in [1.165, 1.54) is 38.6 Å². The van der Waals surface area contributed by atoms with Gasteiger partial charge in [-0.3, -0.25) is 0 Å². The predicted molar refractivity (Wildman–Crippen MR) is 56.2 cm³/mol. The molecule has 2 heteroatoms. The van der Waals surface area contributed by atoms with Gasteiger partial charge in [-0.1, -0.05) is 12.8 Å². The van der Waals surface area contributed by atoms with Crippen molar-refractivity contribution >= 4 is 11.3 Å². The number of nitrogens with one attached hydrogen (secondary N) is 1. The van der Waals surface area contributed by atoms with Crippen LogP contribution < -0.4 is 5.32 Å². The fraction of sp³-hybridized carbons (Fsp3) is 0.636. The molecule has 13 heavy (non-hydrogen) atoms. The van der Waals surface area contributed by atoms with Gasteiger partial charge in [0.2, 0.25) is 0 Å². The number of rotatable bonds is 0. The third-order valence-electron chi connectivity index (χ3n) is 3.50. The lowest BCUT2D eigenvalue weighted by Gasteiger charge is -2.34. The SMILES string of the molecule is c1cc2c(s1)C1(CCCC1)NCC2.